The quantitative estimate of drug-likeness (QED) is 0.479. The highest BCUT2D eigenvalue weighted by molar-refractivity contribution is 7.88. The first kappa shape index (κ1) is 24.2. The van der Waals surface area contributed by atoms with Gasteiger partial charge in [0.1, 0.15) is 12.1 Å². The second-order valence-electron chi connectivity index (χ2n) is 8.71. The van der Waals surface area contributed by atoms with Gasteiger partial charge in [0, 0.05) is 56.7 Å². The van der Waals surface area contributed by atoms with Gasteiger partial charge in [0.15, 0.2) is 5.82 Å². The van der Waals surface area contributed by atoms with Crippen molar-refractivity contribution in [2.24, 2.45) is 0 Å². The average molecular weight is 515 g/mol. The number of nitrogen functional groups attached to an aromatic ring is 1. The number of sulfonamides is 1. The molecule has 2 aliphatic rings. The van der Waals surface area contributed by atoms with Crippen LogP contribution in [0.15, 0.2) is 36.7 Å². The summed E-state index contributed by atoms with van der Waals surface area (Å²) in [5, 5.41) is 7.67. The van der Waals surface area contributed by atoms with E-state index in [0.29, 0.717) is 50.2 Å². The molecule has 2 fully saturated rings. The standard InChI is InChI=1S/C22H30N10O3S/c1-36(33,34)31-8-2-7-30(9-10-31)19-15-20(25-16-24-19)32-21(23)27-22(28-32)26-17-3-5-18(6-4-17)29-11-13-35-14-12-29/h3-6,15-16H,2,7-14H2,1H3,(H3,23,26,27,28). The Morgan fingerprint density at radius 3 is 2.44 bits per heavy atom. The van der Waals surface area contributed by atoms with Crippen molar-refractivity contribution in [3.63, 3.8) is 0 Å². The summed E-state index contributed by atoms with van der Waals surface area (Å²) in [5.41, 5.74) is 8.13. The van der Waals surface area contributed by atoms with Crippen molar-refractivity contribution in [3.8, 4) is 5.82 Å². The molecule has 0 atom stereocenters. The molecule has 2 aromatic heterocycles. The van der Waals surface area contributed by atoms with E-state index in [4.69, 9.17) is 10.5 Å². The van der Waals surface area contributed by atoms with Crippen LogP contribution in [0.5, 0.6) is 0 Å². The smallest absolute Gasteiger partial charge is 0.248 e. The normalized spacial score (nSPS) is 17.7. The molecule has 1 aromatic carbocycles. The number of rotatable bonds is 6. The van der Waals surface area contributed by atoms with Gasteiger partial charge in [-0.15, -0.1) is 5.10 Å². The van der Waals surface area contributed by atoms with Gasteiger partial charge in [0.05, 0.1) is 19.5 Å². The fourth-order valence-electron chi connectivity index (χ4n) is 4.33. The average Bonchev–Trinajstić information content (AvgIpc) is 3.07. The van der Waals surface area contributed by atoms with Gasteiger partial charge >= 0.3 is 0 Å². The van der Waals surface area contributed by atoms with E-state index < -0.39 is 10.0 Å². The predicted molar refractivity (Wildman–Crippen MR) is 137 cm³/mol. The lowest BCUT2D eigenvalue weighted by molar-refractivity contribution is 0.122. The first-order valence-corrected chi connectivity index (χ1v) is 13.7. The van der Waals surface area contributed by atoms with Crippen LogP contribution in [0, 0.1) is 0 Å². The van der Waals surface area contributed by atoms with E-state index in [0.717, 1.165) is 37.7 Å². The Kier molecular flexibility index (Phi) is 6.89. The van der Waals surface area contributed by atoms with Gasteiger partial charge in [-0.3, -0.25) is 0 Å². The molecule has 0 unspecified atom stereocenters. The van der Waals surface area contributed by atoms with Crippen molar-refractivity contribution in [1.82, 2.24) is 29.0 Å². The molecule has 2 saturated heterocycles. The van der Waals surface area contributed by atoms with Crippen LogP contribution in [0.2, 0.25) is 0 Å². The summed E-state index contributed by atoms with van der Waals surface area (Å²) in [6.07, 6.45) is 3.39. The Hall–Kier alpha value is -3.49. The van der Waals surface area contributed by atoms with Gasteiger partial charge in [-0.05, 0) is 30.7 Å². The van der Waals surface area contributed by atoms with E-state index in [1.165, 1.54) is 21.6 Å². The molecule has 0 saturated carbocycles. The summed E-state index contributed by atoms with van der Waals surface area (Å²) < 4.78 is 32.2. The van der Waals surface area contributed by atoms with Crippen LogP contribution in [0.25, 0.3) is 5.82 Å². The molecule has 4 heterocycles. The van der Waals surface area contributed by atoms with E-state index in [1.54, 1.807) is 6.07 Å². The second kappa shape index (κ2) is 10.2. The minimum absolute atomic E-state index is 0.186. The van der Waals surface area contributed by atoms with Crippen molar-refractivity contribution < 1.29 is 13.2 Å². The maximum atomic E-state index is 11.9. The molecule has 36 heavy (non-hydrogen) atoms. The molecule has 3 aromatic rings. The van der Waals surface area contributed by atoms with Crippen LogP contribution in [-0.2, 0) is 14.8 Å². The van der Waals surface area contributed by atoms with E-state index in [-0.39, 0.29) is 5.95 Å². The van der Waals surface area contributed by atoms with Crippen molar-refractivity contribution in [3.05, 3.63) is 36.7 Å². The van der Waals surface area contributed by atoms with Crippen LogP contribution >= 0.6 is 0 Å². The second-order valence-corrected chi connectivity index (χ2v) is 10.7. The summed E-state index contributed by atoms with van der Waals surface area (Å²) >= 11 is 0. The highest BCUT2D eigenvalue weighted by Crippen LogP contribution is 2.23. The number of ether oxygens (including phenoxy) is 1. The van der Waals surface area contributed by atoms with Crippen molar-refractivity contribution in [2.45, 2.75) is 6.42 Å². The zero-order chi connectivity index (χ0) is 25.1. The monoisotopic (exact) mass is 514 g/mol. The molecule has 192 valence electrons. The van der Waals surface area contributed by atoms with Crippen LogP contribution in [-0.4, -0.2) is 96.2 Å². The van der Waals surface area contributed by atoms with Gasteiger partial charge in [0.2, 0.25) is 21.9 Å². The molecule has 0 bridgehead atoms. The molecular formula is C22H30N10O3S. The Labute approximate surface area is 209 Å². The molecule has 0 radical (unpaired) electrons. The van der Waals surface area contributed by atoms with Crippen LogP contribution in [0.4, 0.5) is 29.1 Å². The molecule has 3 N–H and O–H groups in total. The number of anilines is 5. The molecule has 0 amide bonds. The Bertz CT molecular complexity index is 1290. The highest BCUT2D eigenvalue weighted by atomic mass is 32.2. The summed E-state index contributed by atoms with van der Waals surface area (Å²) in [5.74, 6) is 1.69. The minimum atomic E-state index is -3.22. The fourth-order valence-corrected chi connectivity index (χ4v) is 5.21. The van der Waals surface area contributed by atoms with Crippen LogP contribution < -0.4 is 20.9 Å². The van der Waals surface area contributed by atoms with Gasteiger partial charge in [-0.2, -0.15) is 9.67 Å². The van der Waals surface area contributed by atoms with Gasteiger partial charge in [-0.25, -0.2) is 22.7 Å². The van der Waals surface area contributed by atoms with Crippen molar-refractivity contribution >= 4 is 39.1 Å². The number of nitrogens with two attached hydrogens (primary N) is 1. The summed E-state index contributed by atoms with van der Waals surface area (Å²) in [6, 6.07) is 9.84. The lowest BCUT2D eigenvalue weighted by Gasteiger charge is -2.28. The SMILES string of the molecule is CS(=O)(=O)N1CCCN(c2cc(-n3nc(Nc4ccc(N5CCOCC5)cc4)nc3N)ncn2)CC1. The van der Waals surface area contributed by atoms with E-state index in [9.17, 15) is 8.42 Å². The first-order chi connectivity index (χ1) is 17.4. The lowest BCUT2D eigenvalue weighted by atomic mass is 10.2. The summed E-state index contributed by atoms with van der Waals surface area (Å²) in [7, 11) is -3.22. The van der Waals surface area contributed by atoms with E-state index in [1.807, 2.05) is 17.0 Å². The molecule has 0 aliphatic carbocycles. The highest BCUT2D eigenvalue weighted by Gasteiger charge is 2.22. The van der Waals surface area contributed by atoms with Gasteiger partial charge < -0.3 is 25.6 Å². The number of aromatic nitrogens is 5. The fraction of sp³-hybridized carbons (Fsp3) is 0.455. The minimum Gasteiger partial charge on any atom is -0.378 e. The third kappa shape index (κ3) is 5.50. The van der Waals surface area contributed by atoms with Gasteiger partial charge in [-0.1, -0.05) is 0 Å². The largest absolute Gasteiger partial charge is 0.378 e. The Morgan fingerprint density at radius 1 is 0.944 bits per heavy atom. The lowest BCUT2D eigenvalue weighted by Crippen LogP contribution is -2.36. The van der Waals surface area contributed by atoms with Crippen LogP contribution in [0.1, 0.15) is 6.42 Å². The molecule has 5 rings (SSSR count). The summed E-state index contributed by atoms with van der Waals surface area (Å²) in [6.45, 7) is 5.34. The molecule has 13 nitrogen and oxygen atoms in total. The molecular weight excluding hydrogens is 484 g/mol. The van der Waals surface area contributed by atoms with E-state index >= 15 is 0 Å². The topological polar surface area (TPSA) is 148 Å². The van der Waals surface area contributed by atoms with Crippen LogP contribution in [0.3, 0.4) is 0 Å². The van der Waals surface area contributed by atoms with Crippen molar-refractivity contribution in [1.29, 1.82) is 0 Å². The number of nitrogens with one attached hydrogen (secondary N) is 1. The molecule has 2 aliphatic heterocycles. The Morgan fingerprint density at radius 2 is 1.69 bits per heavy atom. The number of morpholine rings is 1. The predicted octanol–water partition coefficient (Wildman–Crippen LogP) is 0.691. The third-order valence-electron chi connectivity index (χ3n) is 6.23. The van der Waals surface area contributed by atoms with Gasteiger partial charge in [0.25, 0.3) is 0 Å². The molecule has 14 heteroatoms. The molecule has 0 spiro atoms. The maximum Gasteiger partial charge on any atom is 0.248 e. The first-order valence-electron chi connectivity index (χ1n) is 11.8. The number of hydrogen-bond donors (Lipinski definition) is 2. The zero-order valence-corrected chi connectivity index (χ0v) is 20.9. The zero-order valence-electron chi connectivity index (χ0n) is 20.1. The van der Waals surface area contributed by atoms with E-state index in [2.05, 4.69) is 42.4 Å². The third-order valence-corrected chi connectivity index (χ3v) is 7.54. The van der Waals surface area contributed by atoms with Crippen molar-refractivity contribution in [2.75, 3.05) is 79.6 Å². The summed E-state index contributed by atoms with van der Waals surface area (Å²) in [4.78, 5) is 17.4. The Balaban J connectivity index is 1.28. The number of hydrogen-bond acceptors (Lipinski definition) is 11. The number of benzene rings is 1. The number of nitrogens with zero attached hydrogens (tertiary/aromatic N) is 8. The maximum absolute atomic E-state index is 11.9.